The summed E-state index contributed by atoms with van der Waals surface area (Å²) in [6.07, 6.45) is 7.72. The van der Waals surface area contributed by atoms with Crippen LogP contribution >= 0.6 is 0 Å². The van der Waals surface area contributed by atoms with Crippen LogP contribution in [0.2, 0.25) is 0 Å². The van der Waals surface area contributed by atoms with Crippen LogP contribution in [0, 0.1) is 0 Å². The van der Waals surface area contributed by atoms with Crippen molar-refractivity contribution in [3.05, 3.63) is 67.3 Å². The molecule has 4 aromatic rings. The van der Waals surface area contributed by atoms with Crippen molar-refractivity contribution in [3.63, 3.8) is 0 Å². The monoisotopic (exact) mass is 245 g/mol. The van der Waals surface area contributed by atoms with Crippen LogP contribution in [0.5, 0.6) is 0 Å². The molecule has 0 spiro atoms. The summed E-state index contributed by atoms with van der Waals surface area (Å²) in [5, 5.41) is 2.22. The molecule has 0 atom stereocenters. The molecule has 0 saturated carbocycles. The lowest BCUT2D eigenvalue weighted by Gasteiger charge is -2.10. The highest BCUT2D eigenvalue weighted by Gasteiger charge is 2.08. The summed E-state index contributed by atoms with van der Waals surface area (Å²) in [4.78, 5) is 8.96. The zero-order valence-corrected chi connectivity index (χ0v) is 10.2. The molecule has 3 heterocycles. The average Bonchev–Trinajstić information content (AvgIpc) is 3.00. The first-order chi connectivity index (χ1) is 9.43. The predicted octanol–water partition coefficient (Wildman–Crippen LogP) is 3.57. The van der Waals surface area contributed by atoms with Crippen molar-refractivity contribution in [3.8, 4) is 5.69 Å². The van der Waals surface area contributed by atoms with Gasteiger partial charge in [0, 0.05) is 35.6 Å². The summed E-state index contributed by atoms with van der Waals surface area (Å²) in [7, 11) is 0. The Kier molecular flexibility index (Phi) is 2.12. The second-order valence-electron chi connectivity index (χ2n) is 4.46. The smallest absolute Gasteiger partial charge is 0.0985 e. The fourth-order valence-electron chi connectivity index (χ4n) is 2.47. The predicted molar refractivity (Wildman–Crippen MR) is 76.4 cm³/mol. The lowest BCUT2D eigenvalue weighted by atomic mass is 10.1. The molecule has 0 fully saturated rings. The Balaban J connectivity index is 2.22. The van der Waals surface area contributed by atoms with Crippen molar-refractivity contribution in [2.75, 3.05) is 0 Å². The van der Waals surface area contributed by atoms with Gasteiger partial charge < -0.3 is 4.57 Å². The first-order valence-corrected chi connectivity index (χ1v) is 6.19. The van der Waals surface area contributed by atoms with Crippen molar-refractivity contribution in [1.29, 1.82) is 0 Å². The van der Waals surface area contributed by atoms with Gasteiger partial charge in [-0.15, -0.1) is 0 Å². The number of rotatable bonds is 1. The molecule has 3 aromatic heterocycles. The molecular weight excluding hydrogens is 234 g/mol. The van der Waals surface area contributed by atoms with E-state index in [4.69, 9.17) is 0 Å². The molecule has 4 rings (SSSR count). The van der Waals surface area contributed by atoms with E-state index in [1.807, 2.05) is 49.1 Å². The van der Waals surface area contributed by atoms with E-state index in [2.05, 4.69) is 32.7 Å². The van der Waals surface area contributed by atoms with E-state index in [0.29, 0.717) is 0 Å². The van der Waals surface area contributed by atoms with Gasteiger partial charge in [-0.05, 0) is 36.4 Å². The van der Waals surface area contributed by atoms with Crippen LogP contribution in [-0.4, -0.2) is 14.5 Å². The summed E-state index contributed by atoms with van der Waals surface area (Å²) in [6, 6.07) is 14.3. The number of pyridine rings is 2. The van der Waals surface area contributed by atoms with Crippen LogP contribution in [0.1, 0.15) is 0 Å². The molecule has 0 unspecified atom stereocenters. The van der Waals surface area contributed by atoms with E-state index in [9.17, 15) is 0 Å². The first kappa shape index (κ1) is 10.3. The maximum absolute atomic E-state index is 4.50. The van der Waals surface area contributed by atoms with Crippen molar-refractivity contribution < 1.29 is 0 Å². The van der Waals surface area contributed by atoms with Gasteiger partial charge in [-0.25, -0.2) is 0 Å². The molecule has 0 bridgehead atoms. The van der Waals surface area contributed by atoms with E-state index in [1.165, 1.54) is 0 Å². The van der Waals surface area contributed by atoms with Crippen LogP contribution in [0.25, 0.3) is 27.5 Å². The lowest BCUT2D eigenvalue weighted by molar-refractivity contribution is 1.09. The fraction of sp³-hybridized carbons (Fsp3) is 0. The lowest BCUT2D eigenvalue weighted by Crippen LogP contribution is -1.94. The van der Waals surface area contributed by atoms with Crippen LogP contribution in [-0.2, 0) is 0 Å². The van der Waals surface area contributed by atoms with E-state index in [-0.39, 0.29) is 0 Å². The molecule has 0 aliphatic carbocycles. The van der Waals surface area contributed by atoms with Crippen LogP contribution in [0.15, 0.2) is 67.3 Å². The second kappa shape index (κ2) is 3.92. The Morgan fingerprint density at radius 3 is 2.37 bits per heavy atom. The van der Waals surface area contributed by atoms with Crippen LogP contribution in [0.3, 0.4) is 0 Å². The third-order valence-electron chi connectivity index (χ3n) is 3.32. The molecule has 19 heavy (non-hydrogen) atoms. The van der Waals surface area contributed by atoms with Gasteiger partial charge >= 0.3 is 0 Å². The molecule has 1 aromatic carbocycles. The minimum absolute atomic E-state index is 0.948. The maximum atomic E-state index is 4.50. The highest BCUT2D eigenvalue weighted by molar-refractivity contribution is 6.06. The fourth-order valence-corrected chi connectivity index (χ4v) is 2.47. The first-order valence-electron chi connectivity index (χ1n) is 6.19. The van der Waals surface area contributed by atoms with E-state index >= 15 is 0 Å². The standard InChI is InChI=1S/C16H11N3/c1-2-10-19(9-1)14-11-12-5-3-7-17-15(12)16-13(14)6-4-8-18-16/h1-11H. The van der Waals surface area contributed by atoms with Crippen molar-refractivity contribution in [1.82, 2.24) is 14.5 Å². The van der Waals surface area contributed by atoms with Gasteiger partial charge in [-0.2, -0.15) is 0 Å². The quantitative estimate of drug-likeness (QED) is 0.480. The molecular formula is C16H11N3. The SMILES string of the molecule is c1cnc2c(c1)cc(-n1cccc1)c1cccnc12. The summed E-state index contributed by atoms with van der Waals surface area (Å²) in [5.41, 5.74) is 3.03. The molecule has 0 amide bonds. The van der Waals surface area contributed by atoms with Gasteiger partial charge in [0.05, 0.1) is 16.7 Å². The highest BCUT2D eigenvalue weighted by atomic mass is 14.9. The number of fused-ring (bicyclic) bond motifs is 3. The van der Waals surface area contributed by atoms with Gasteiger partial charge in [0.25, 0.3) is 0 Å². The zero-order valence-electron chi connectivity index (χ0n) is 10.2. The number of benzene rings is 1. The number of nitrogens with zero attached hydrogens (tertiary/aromatic N) is 3. The van der Waals surface area contributed by atoms with Gasteiger partial charge in [0.2, 0.25) is 0 Å². The number of hydrogen-bond donors (Lipinski definition) is 0. The van der Waals surface area contributed by atoms with Gasteiger partial charge in [0.1, 0.15) is 0 Å². The third kappa shape index (κ3) is 1.52. The molecule has 3 nitrogen and oxygen atoms in total. The minimum Gasteiger partial charge on any atom is -0.323 e. The highest BCUT2D eigenvalue weighted by Crippen LogP contribution is 2.28. The number of hydrogen-bond acceptors (Lipinski definition) is 2. The molecule has 90 valence electrons. The average molecular weight is 245 g/mol. The van der Waals surface area contributed by atoms with Gasteiger partial charge in [0.15, 0.2) is 0 Å². The van der Waals surface area contributed by atoms with Gasteiger partial charge in [-0.1, -0.05) is 6.07 Å². The Morgan fingerprint density at radius 1 is 0.789 bits per heavy atom. The van der Waals surface area contributed by atoms with E-state index < -0.39 is 0 Å². The Morgan fingerprint density at radius 2 is 1.53 bits per heavy atom. The summed E-state index contributed by atoms with van der Waals surface area (Å²) in [5.74, 6) is 0. The van der Waals surface area contributed by atoms with Crippen molar-refractivity contribution in [2.45, 2.75) is 0 Å². The summed E-state index contributed by atoms with van der Waals surface area (Å²) >= 11 is 0. The maximum Gasteiger partial charge on any atom is 0.0985 e. The second-order valence-corrected chi connectivity index (χ2v) is 4.46. The molecule has 0 saturated heterocycles. The van der Waals surface area contributed by atoms with Crippen molar-refractivity contribution in [2.24, 2.45) is 0 Å². The largest absolute Gasteiger partial charge is 0.323 e. The summed E-state index contributed by atoms with van der Waals surface area (Å²) in [6.45, 7) is 0. The molecule has 0 aliphatic heterocycles. The van der Waals surface area contributed by atoms with Crippen LogP contribution in [0.4, 0.5) is 0 Å². The van der Waals surface area contributed by atoms with Crippen LogP contribution < -0.4 is 0 Å². The summed E-state index contributed by atoms with van der Waals surface area (Å²) < 4.78 is 2.11. The Bertz CT molecular complexity index is 864. The van der Waals surface area contributed by atoms with Crippen molar-refractivity contribution >= 4 is 21.8 Å². The zero-order chi connectivity index (χ0) is 12.7. The molecule has 3 heteroatoms. The Hall–Kier alpha value is -2.68. The van der Waals surface area contributed by atoms with E-state index in [1.54, 1.807) is 0 Å². The number of aromatic nitrogens is 3. The minimum atomic E-state index is 0.948. The van der Waals surface area contributed by atoms with E-state index in [0.717, 1.165) is 27.5 Å². The Labute approximate surface area is 110 Å². The topological polar surface area (TPSA) is 30.7 Å². The molecule has 0 aliphatic rings. The third-order valence-corrected chi connectivity index (χ3v) is 3.32. The van der Waals surface area contributed by atoms with Gasteiger partial charge in [-0.3, -0.25) is 9.97 Å². The molecule has 0 N–H and O–H groups in total. The normalized spacial score (nSPS) is 11.2. The molecule has 0 radical (unpaired) electrons.